The largest absolute Gasteiger partial charge is 0.496 e. The zero-order valence-electron chi connectivity index (χ0n) is 21.0. The molecule has 2 bridgehead atoms. The molecule has 3 aromatic carbocycles. The number of nitro benzene ring substituents is 1. The molecule has 1 saturated carbocycles. The first kappa shape index (κ1) is 23.8. The van der Waals surface area contributed by atoms with E-state index in [0.29, 0.717) is 0 Å². The van der Waals surface area contributed by atoms with Crippen molar-refractivity contribution >= 4 is 40.1 Å². The Kier molecular flexibility index (Phi) is 4.98. The van der Waals surface area contributed by atoms with Crippen LogP contribution >= 0.6 is 0 Å². The van der Waals surface area contributed by atoms with E-state index < -0.39 is 45.1 Å². The normalized spacial score (nSPS) is 27.8. The van der Waals surface area contributed by atoms with Crippen LogP contribution in [0, 0.1) is 32.8 Å². The maximum atomic E-state index is 14.3. The van der Waals surface area contributed by atoms with Crippen molar-refractivity contribution in [1.82, 2.24) is 0 Å². The molecule has 0 N–H and O–H groups in total. The minimum absolute atomic E-state index is 0.123. The minimum Gasteiger partial charge on any atom is -0.496 e. The Bertz CT molecular complexity index is 1500. The Labute approximate surface area is 218 Å². The van der Waals surface area contributed by atoms with E-state index in [1.54, 1.807) is 13.8 Å². The van der Waals surface area contributed by atoms with Crippen LogP contribution in [-0.4, -0.2) is 29.6 Å². The fourth-order valence-corrected chi connectivity index (χ4v) is 7.01. The van der Waals surface area contributed by atoms with Gasteiger partial charge >= 0.3 is 0 Å². The first-order valence-corrected chi connectivity index (χ1v) is 12.3. The molecule has 1 aliphatic heterocycles. The van der Waals surface area contributed by atoms with Gasteiger partial charge in [0.25, 0.3) is 5.69 Å². The fourth-order valence-electron chi connectivity index (χ4n) is 7.01. The summed E-state index contributed by atoms with van der Waals surface area (Å²) in [6.07, 6.45) is 0. The molecule has 1 saturated heterocycles. The average Bonchev–Trinajstić information content (AvgIpc) is 3.38. The number of ether oxygens (including phenoxy) is 1. The van der Waals surface area contributed by atoms with E-state index in [-0.39, 0.29) is 17.2 Å². The van der Waals surface area contributed by atoms with Crippen molar-refractivity contribution in [2.24, 2.45) is 22.7 Å². The molecule has 0 radical (unpaired) electrons. The van der Waals surface area contributed by atoms with Crippen LogP contribution < -0.4 is 9.64 Å². The second-order valence-electron chi connectivity index (χ2n) is 10.3. The van der Waals surface area contributed by atoms with Gasteiger partial charge in [0.2, 0.25) is 11.8 Å². The molecular weight excluding hydrogens is 484 g/mol. The van der Waals surface area contributed by atoms with E-state index in [0.717, 1.165) is 27.2 Å². The molecule has 8 heteroatoms. The maximum absolute atomic E-state index is 14.3. The second-order valence-corrected chi connectivity index (χ2v) is 10.3. The Morgan fingerprint density at radius 1 is 0.789 bits per heavy atom. The summed E-state index contributed by atoms with van der Waals surface area (Å²) in [4.78, 5) is 54.7. The van der Waals surface area contributed by atoms with Crippen molar-refractivity contribution in [1.29, 1.82) is 0 Å². The summed E-state index contributed by atoms with van der Waals surface area (Å²) in [5.74, 6) is -3.13. The Morgan fingerprint density at radius 3 is 1.68 bits per heavy atom. The summed E-state index contributed by atoms with van der Waals surface area (Å²) in [5.41, 5.74) is -0.0718. The quantitative estimate of drug-likeness (QED) is 0.275. The van der Waals surface area contributed by atoms with Crippen molar-refractivity contribution in [3.63, 3.8) is 0 Å². The summed E-state index contributed by atoms with van der Waals surface area (Å²) in [7, 11) is 1.38. The molecule has 2 amide bonds. The number of nitro groups is 1. The molecule has 2 aliphatic carbocycles. The molecule has 190 valence electrons. The number of fused-ring (bicyclic) bond motifs is 5. The number of hydrogen-bond donors (Lipinski definition) is 0. The zero-order chi connectivity index (χ0) is 27.0. The summed E-state index contributed by atoms with van der Waals surface area (Å²) in [5, 5.41) is 11.9. The van der Waals surface area contributed by atoms with E-state index in [2.05, 4.69) is 0 Å². The average molecular weight is 509 g/mol. The number of benzene rings is 3. The highest BCUT2D eigenvalue weighted by Gasteiger charge is 2.79. The van der Waals surface area contributed by atoms with Crippen molar-refractivity contribution in [3.05, 3.63) is 100 Å². The van der Waals surface area contributed by atoms with Gasteiger partial charge in [-0.3, -0.25) is 24.5 Å². The number of anilines is 1. The maximum Gasteiger partial charge on any atom is 0.297 e. The van der Waals surface area contributed by atoms with Crippen molar-refractivity contribution < 1.29 is 24.0 Å². The predicted octanol–water partition coefficient (Wildman–Crippen LogP) is 4.93. The van der Waals surface area contributed by atoms with E-state index in [9.17, 15) is 24.5 Å². The number of hydrogen-bond acceptors (Lipinski definition) is 6. The van der Waals surface area contributed by atoms with Crippen LogP contribution in [0.15, 0.2) is 78.9 Å². The highest BCUT2D eigenvalue weighted by molar-refractivity contribution is 6.34. The van der Waals surface area contributed by atoms with Gasteiger partial charge in [-0.25, -0.2) is 4.90 Å². The molecule has 3 aromatic rings. The van der Waals surface area contributed by atoms with Gasteiger partial charge < -0.3 is 4.74 Å². The van der Waals surface area contributed by atoms with E-state index >= 15 is 0 Å². The predicted molar refractivity (Wildman–Crippen MR) is 140 cm³/mol. The van der Waals surface area contributed by atoms with Gasteiger partial charge in [-0.15, -0.1) is 0 Å². The number of imide groups is 1. The van der Waals surface area contributed by atoms with Crippen LogP contribution in [0.2, 0.25) is 0 Å². The molecule has 3 aliphatic rings. The number of ketones is 1. The number of amides is 2. The molecule has 1 heterocycles. The van der Waals surface area contributed by atoms with Gasteiger partial charge in [-0.05, 0) is 48.3 Å². The minimum atomic E-state index is -1.30. The Balaban J connectivity index is 1.60. The third-order valence-corrected chi connectivity index (χ3v) is 8.53. The van der Waals surface area contributed by atoms with Gasteiger partial charge in [0.1, 0.15) is 11.4 Å². The number of Topliss-reactive ketones (excluding diaryl/α,β-unsaturated/α-hetero) is 1. The Morgan fingerprint density at radius 2 is 1.26 bits per heavy atom. The molecule has 0 unspecified atom stereocenters. The summed E-state index contributed by atoms with van der Waals surface area (Å²) < 4.78 is 5.12. The van der Waals surface area contributed by atoms with Crippen molar-refractivity contribution in [3.8, 4) is 5.75 Å². The smallest absolute Gasteiger partial charge is 0.297 e. The number of carbonyl (C=O) groups is 3. The fraction of sp³-hybridized carbons (Fsp3) is 0.233. The van der Waals surface area contributed by atoms with Crippen molar-refractivity contribution in [2.45, 2.75) is 13.8 Å². The first-order valence-electron chi connectivity index (χ1n) is 12.3. The summed E-state index contributed by atoms with van der Waals surface area (Å²) in [6.45, 7) is 3.49. The van der Waals surface area contributed by atoms with Crippen LogP contribution in [0.5, 0.6) is 5.75 Å². The number of methoxy groups -OCH3 is 1. The lowest BCUT2D eigenvalue weighted by molar-refractivity contribution is -0.384. The molecular formula is C30H24N2O6. The van der Waals surface area contributed by atoms with Crippen LogP contribution in [0.3, 0.4) is 0 Å². The zero-order valence-corrected chi connectivity index (χ0v) is 21.0. The lowest BCUT2D eigenvalue weighted by Crippen LogP contribution is -2.40. The van der Waals surface area contributed by atoms with Crippen molar-refractivity contribution in [2.75, 3.05) is 12.0 Å². The SMILES string of the molecule is COc1ccc(N2C(=O)[C@@H]3[C@H](C2=O)[C@]2(C)C(=O)[C@@]3(C)C(c3ccccc3)=C2c2ccccc2)c([N+](=O)[O-])c1. The van der Waals surface area contributed by atoms with Crippen LogP contribution in [-0.2, 0) is 14.4 Å². The second kappa shape index (κ2) is 7.95. The molecule has 8 nitrogen and oxygen atoms in total. The molecule has 0 spiro atoms. The van der Waals surface area contributed by atoms with Gasteiger partial charge in [0.05, 0.1) is 40.8 Å². The van der Waals surface area contributed by atoms with Crippen LogP contribution in [0.1, 0.15) is 25.0 Å². The highest BCUT2D eigenvalue weighted by Crippen LogP contribution is 2.73. The van der Waals surface area contributed by atoms with Crippen LogP contribution in [0.25, 0.3) is 11.1 Å². The number of nitrogens with zero attached hydrogens (tertiary/aromatic N) is 2. The molecule has 0 aromatic heterocycles. The number of carbonyl (C=O) groups excluding carboxylic acids is 3. The van der Waals surface area contributed by atoms with Crippen LogP contribution in [0.4, 0.5) is 11.4 Å². The van der Waals surface area contributed by atoms with E-state index in [1.807, 2.05) is 60.7 Å². The summed E-state index contributed by atoms with van der Waals surface area (Å²) >= 11 is 0. The third-order valence-electron chi connectivity index (χ3n) is 8.53. The Hall–Kier alpha value is -4.59. The number of allylic oxidation sites excluding steroid dienone is 2. The molecule has 6 rings (SSSR count). The van der Waals surface area contributed by atoms with E-state index in [4.69, 9.17) is 4.74 Å². The first-order chi connectivity index (χ1) is 18.2. The monoisotopic (exact) mass is 508 g/mol. The topological polar surface area (TPSA) is 107 Å². The highest BCUT2D eigenvalue weighted by atomic mass is 16.6. The third kappa shape index (κ3) is 2.77. The van der Waals surface area contributed by atoms with E-state index in [1.165, 1.54) is 25.3 Å². The number of rotatable bonds is 5. The molecule has 4 atom stereocenters. The van der Waals surface area contributed by atoms with Gasteiger partial charge in [-0.2, -0.15) is 0 Å². The lowest BCUT2D eigenvalue weighted by atomic mass is 9.63. The lowest BCUT2D eigenvalue weighted by Gasteiger charge is -2.35. The standard InChI is InChI=1S/C30H24N2O6/c1-29-22(17-10-6-4-7-11-17)23(18-12-8-5-9-13-18)30(2,28(29)35)25-24(29)26(33)31(27(25)34)20-15-14-19(38-3)16-21(20)32(36)37/h4-16,24-25H,1-3H3/t24-,25+,29-,30+. The molecule has 2 fully saturated rings. The molecule has 38 heavy (non-hydrogen) atoms. The van der Waals surface area contributed by atoms with Gasteiger partial charge in [0, 0.05) is 0 Å². The van der Waals surface area contributed by atoms with Gasteiger partial charge in [0.15, 0.2) is 5.78 Å². The van der Waals surface area contributed by atoms with Gasteiger partial charge in [-0.1, -0.05) is 60.7 Å². The summed E-state index contributed by atoms with van der Waals surface area (Å²) in [6, 6.07) is 22.9.